The molecule has 0 fully saturated rings. The number of hydrogen-bond donors (Lipinski definition) is 0. The Kier molecular flexibility index (Phi) is 9.79. The van der Waals surface area contributed by atoms with Crippen molar-refractivity contribution in [3.8, 4) is 22.3 Å². The molecule has 2 aliphatic carbocycles. The minimum atomic E-state index is -0.468. The Morgan fingerprint density at radius 1 is 0.345 bits per heavy atom. The van der Waals surface area contributed by atoms with Crippen LogP contribution in [-0.4, -0.2) is 0 Å². The maximum absolute atomic E-state index is 2.73. The summed E-state index contributed by atoms with van der Waals surface area (Å²) in [7, 11) is 0. The molecule has 0 radical (unpaired) electrons. The summed E-state index contributed by atoms with van der Waals surface area (Å²) < 4.78 is 1.35. The minimum Gasteiger partial charge on any atom is -0.0579 e. The van der Waals surface area contributed by atoms with E-state index < -0.39 is 5.41 Å². The first-order valence-corrected chi connectivity index (χ1v) is 22.1. The summed E-state index contributed by atoms with van der Waals surface area (Å²) in [6.07, 6.45) is 2.61. The predicted molar refractivity (Wildman–Crippen MR) is 259 cm³/mol. The highest BCUT2D eigenvalue weighted by molar-refractivity contribution is 14.1. The summed E-state index contributed by atoms with van der Waals surface area (Å²) in [4.78, 5) is 0. The highest BCUT2D eigenvalue weighted by Crippen LogP contribution is 2.62. The van der Waals surface area contributed by atoms with E-state index in [1.54, 1.807) is 0 Å². The standard InChI is InChI=1S/C57H59I/c1-53(2,3)42-23-13-36(14-24-42)40-21-31-46-48(38-17-27-44(28-18-38)55(7,8)9)35-57(49(46)33-40)50-34-41(37-15-25-43(26-16-37)54(4,5)6)22-32-47(50)51(52(57)58)39-19-29-45(30-20-39)56(10,11)12/h13-35H,1-12H3. The van der Waals surface area contributed by atoms with Crippen molar-refractivity contribution in [2.45, 2.75) is 110 Å². The van der Waals surface area contributed by atoms with E-state index >= 15 is 0 Å². The quantitative estimate of drug-likeness (QED) is 0.155. The van der Waals surface area contributed by atoms with Crippen LogP contribution in [-0.2, 0) is 27.1 Å². The second-order valence-corrected chi connectivity index (χ2v) is 22.0. The van der Waals surface area contributed by atoms with Crippen molar-refractivity contribution >= 4 is 33.7 Å². The van der Waals surface area contributed by atoms with Gasteiger partial charge in [-0.05, 0) is 140 Å². The van der Waals surface area contributed by atoms with Crippen LogP contribution in [0.5, 0.6) is 0 Å². The SMILES string of the molecule is CC(C)(C)c1ccc(C2=CC3(C(I)=C(c4ccc(C(C)(C)C)cc4)c4ccc(-c5ccc(C(C)(C)C)cc5)cc43)c3cc(-c4ccc(C(C)(C)C)cc4)ccc32)cc1. The van der Waals surface area contributed by atoms with Crippen molar-refractivity contribution in [2.75, 3.05) is 0 Å². The molecule has 294 valence electrons. The van der Waals surface area contributed by atoms with Crippen molar-refractivity contribution in [3.63, 3.8) is 0 Å². The second-order valence-electron chi connectivity index (χ2n) is 20.9. The Morgan fingerprint density at radius 3 is 1.03 bits per heavy atom. The van der Waals surface area contributed by atoms with Crippen LogP contribution in [0.4, 0.5) is 0 Å². The van der Waals surface area contributed by atoms with Gasteiger partial charge in [-0.1, -0.05) is 210 Å². The third kappa shape index (κ3) is 7.06. The molecule has 0 N–H and O–H groups in total. The molecule has 58 heavy (non-hydrogen) atoms. The van der Waals surface area contributed by atoms with Crippen LogP contribution >= 0.6 is 22.6 Å². The first-order valence-electron chi connectivity index (χ1n) is 21.0. The van der Waals surface area contributed by atoms with Crippen molar-refractivity contribution in [3.05, 3.63) is 199 Å². The third-order valence-electron chi connectivity index (χ3n) is 12.6. The largest absolute Gasteiger partial charge is 0.0717 e. The van der Waals surface area contributed by atoms with Gasteiger partial charge in [-0.2, -0.15) is 0 Å². The average Bonchev–Trinajstić information content (AvgIpc) is 3.64. The topological polar surface area (TPSA) is 0 Å². The van der Waals surface area contributed by atoms with Crippen LogP contribution in [0, 0.1) is 0 Å². The fourth-order valence-electron chi connectivity index (χ4n) is 8.90. The van der Waals surface area contributed by atoms with Crippen LogP contribution in [0.3, 0.4) is 0 Å². The fourth-order valence-corrected chi connectivity index (χ4v) is 10.2. The lowest BCUT2D eigenvalue weighted by Crippen LogP contribution is -2.22. The molecule has 0 saturated heterocycles. The molecule has 8 rings (SSSR count). The van der Waals surface area contributed by atoms with E-state index in [1.807, 2.05) is 0 Å². The molecule has 0 aliphatic heterocycles. The van der Waals surface area contributed by atoms with E-state index in [2.05, 4.69) is 245 Å². The van der Waals surface area contributed by atoms with Gasteiger partial charge in [-0.3, -0.25) is 0 Å². The highest BCUT2D eigenvalue weighted by Gasteiger charge is 2.49. The molecule has 1 heteroatoms. The maximum atomic E-state index is 2.73. The van der Waals surface area contributed by atoms with Crippen LogP contribution in [0.1, 0.15) is 139 Å². The van der Waals surface area contributed by atoms with Gasteiger partial charge in [0.2, 0.25) is 0 Å². The lowest BCUT2D eigenvalue weighted by molar-refractivity contribution is 0.590. The van der Waals surface area contributed by atoms with Crippen molar-refractivity contribution in [1.29, 1.82) is 0 Å². The lowest BCUT2D eigenvalue weighted by atomic mass is 9.76. The number of benzene rings is 6. The molecule has 0 nitrogen and oxygen atoms in total. The number of halogens is 1. The lowest BCUT2D eigenvalue weighted by Gasteiger charge is -2.28. The summed E-state index contributed by atoms with van der Waals surface area (Å²) >= 11 is 2.73. The zero-order valence-electron chi connectivity index (χ0n) is 36.7. The smallest absolute Gasteiger partial charge is 0.0579 e. The van der Waals surface area contributed by atoms with Crippen molar-refractivity contribution in [1.82, 2.24) is 0 Å². The summed E-state index contributed by atoms with van der Waals surface area (Å²) in [5, 5.41) is 0. The molecule has 6 aromatic carbocycles. The zero-order chi connectivity index (χ0) is 41.6. The van der Waals surface area contributed by atoms with Gasteiger partial charge in [0.1, 0.15) is 0 Å². The molecule has 0 bridgehead atoms. The van der Waals surface area contributed by atoms with E-state index in [0.717, 1.165) is 0 Å². The summed E-state index contributed by atoms with van der Waals surface area (Å²) in [5.41, 5.74) is 20.8. The average molecular weight is 871 g/mol. The second kappa shape index (κ2) is 14.1. The highest BCUT2D eigenvalue weighted by atomic mass is 127. The van der Waals surface area contributed by atoms with Gasteiger partial charge in [0.15, 0.2) is 0 Å². The van der Waals surface area contributed by atoms with Gasteiger partial charge in [-0.25, -0.2) is 0 Å². The van der Waals surface area contributed by atoms with E-state index in [4.69, 9.17) is 0 Å². The molecule has 0 aromatic heterocycles. The van der Waals surface area contributed by atoms with Crippen LogP contribution < -0.4 is 0 Å². The molecule has 2 aliphatic rings. The Hall–Kier alpha value is -4.47. The van der Waals surface area contributed by atoms with Gasteiger partial charge in [0, 0.05) is 9.15 Å². The summed E-state index contributed by atoms with van der Waals surface area (Å²) in [6, 6.07) is 51.7. The van der Waals surface area contributed by atoms with Gasteiger partial charge in [-0.15, -0.1) is 0 Å². The molecule has 1 unspecified atom stereocenters. The molecule has 1 spiro atoms. The van der Waals surface area contributed by atoms with Gasteiger partial charge >= 0.3 is 0 Å². The van der Waals surface area contributed by atoms with Crippen molar-refractivity contribution in [2.24, 2.45) is 0 Å². The molecule has 1 atom stereocenters. The number of fused-ring (bicyclic) bond motifs is 4. The monoisotopic (exact) mass is 870 g/mol. The third-order valence-corrected chi connectivity index (χ3v) is 14.0. The summed E-state index contributed by atoms with van der Waals surface area (Å²) in [6.45, 7) is 27.5. The first-order chi connectivity index (χ1) is 27.2. The fraction of sp³-hybridized carbons (Fsp3) is 0.298. The number of rotatable bonds is 4. The van der Waals surface area contributed by atoms with Crippen LogP contribution in [0.15, 0.2) is 143 Å². The van der Waals surface area contributed by atoms with Crippen LogP contribution in [0.25, 0.3) is 33.4 Å². The van der Waals surface area contributed by atoms with Crippen LogP contribution in [0.2, 0.25) is 0 Å². The van der Waals surface area contributed by atoms with E-state index in [1.165, 1.54) is 92.6 Å². The Bertz CT molecular complexity index is 2510. The minimum absolute atomic E-state index is 0.0817. The molecule has 0 amide bonds. The van der Waals surface area contributed by atoms with E-state index in [9.17, 15) is 0 Å². The first kappa shape index (κ1) is 40.3. The van der Waals surface area contributed by atoms with Gasteiger partial charge in [0.25, 0.3) is 0 Å². The van der Waals surface area contributed by atoms with Gasteiger partial charge < -0.3 is 0 Å². The molecular formula is C57H59I. The van der Waals surface area contributed by atoms with Gasteiger partial charge in [0.05, 0.1) is 5.41 Å². The molecular weight excluding hydrogens is 812 g/mol. The molecule has 0 saturated carbocycles. The van der Waals surface area contributed by atoms with Crippen molar-refractivity contribution < 1.29 is 0 Å². The Labute approximate surface area is 362 Å². The Balaban J connectivity index is 1.39. The number of hydrogen-bond acceptors (Lipinski definition) is 0. The zero-order valence-corrected chi connectivity index (χ0v) is 38.8. The Morgan fingerprint density at radius 2 is 0.655 bits per heavy atom. The van der Waals surface area contributed by atoms with E-state index in [-0.39, 0.29) is 21.7 Å². The maximum Gasteiger partial charge on any atom is 0.0717 e. The molecule has 6 aromatic rings. The molecule has 0 heterocycles. The summed E-state index contributed by atoms with van der Waals surface area (Å²) in [5.74, 6) is 0. The number of allylic oxidation sites excluding steroid dienone is 2. The predicted octanol–water partition coefficient (Wildman–Crippen LogP) is 16.1. The van der Waals surface area contributed by atoms with E-state index in [0.29, 0.717) is 0 Å². The normalized spacial score (nSPS) is 16.8.